The molecule has 0 amide bonds. The van der Waals surface area contributed by atoms with Crippen LogP contribution in [0.5, 0.6) is 0 Å². The number of pyridine rings is 1. The lowest BCUT2D eigenvalue weighted by molar-refractivity contribution is -0.137. The minimum Gasteiger partial charge on any atom is -0.262 e. The Morgan fingerprint density at radius 3 is 2.46 bits per heavy atom. The van der Waals surface area contributed by atoms with Gasteiger partial charge < -0.3 is 0 Å². The van der Waals surface area contributed by atoms with Crippen LogP contribution in [0, 0.1) is 5.82 Å². The number of rotatable bonds is 5. The van der Waals surface area contributed by atoms with Gasteiger partial charge in [0.2, 0.25) is 10.0 Å². The van der Waals surface area contributed by atoms with Crippen LogP contribution in [0.3, 0.4) is 0 Å². The Balaban J connectivity index is 1.81. The molecule has 146 valence electrons. The Bertz CT molecular complexity index is 1100. The van der Waals surface area contributed by atoms with Crippen LogP contribution in [-0.4, -0.2) is 13.4 Å². The average Bonchev–Trinajstić information content (AvgIpc) is 2.66. The van der Waals surface area contributed by atoms with Gasteiger partial charge in [-0.3, -0.25) is 4.98 Å². The zero-order chi connectivity index (χ0) is 20.4. The summed E-state index contributed by atoms with van der Waals surface area (Å²) in [5.41, 5.74) is 0.294. The van der Waals surface area contributed by atoms with Crippen molar-refractivity contribution >= 4 is 10.0 Å². The van der Waals surface area contributed by atoms with Gasteiger partial charge in [0, 0.05) is 18.3 Å². The van der Waals surface area contributed by atoms with E-state index < -0.39 is 32.5 Å². The van der Waals surface area contributed by atoms with Gasteiger partial charge in [0.25, 0.3) is 0 Å². The zero-order valence-electron chi connectivity index (χ0n) is 14.2. The monoisotopic (exact) mass is 410 g/mol. The van der Waals surface area contributed by atoms with Gasteiger partial charge in [-0.2, -0.15) is 13.2 Å². The summed E-state index contributed by atoms with van der Waals surface area (Å²) >= 11 is 0. The molecule has 0 spiro atoms. The summed E-state index contributed by atoms with van der Waals surface area (Å²) in [6, 6.07) is 11.5. The third kappa shape index (κ3) is 4.55. The highest BCUT2D eigenvalue weighted by Gasteiger charge is 2.31. The average molecular weight is 410 g/mol. The van der Waals surface area contributed by atoms with E-state index in [-0.39, 0.29) is 6.54 Å². The molecule has 3 rings (SSSR count). The predicted octanol–water partition coefficient (Wildman–Crippen LogP) is 4.39. The van der Waals surface area contributed by atoms with Gasteiger partial charge in [0.1, 0.15) is 5.82 Å². The SMILES string of the molecule is O=S(=O)(NCc1cccc(-c2ccncc2F)c1)c1cccc(C(F)(F)F)c1. The summed E-state index contributed by atoms with van der Waals surface area (Å²) in [6.07, 6.45) is -2.14. The van der Waals surface area contributed by atoms with Crippen molar-refractivity contribution in [2.45, 2.75) is 17.6 Å². The third-order valence-electron chi connectivity index (χ3n) is 3.95. The number of sulfonamides is 1. The fourth-order valence-electron chi connectivity index (χ4n) is 2.56. The molecule has 0 bridgehead atoms. The van der Waals surface area contributed by atoms with Crippen LogP contribution in [0.1, 0.15) is 11.1 Å². The molecule has 1 N–H and O–H groups in total. The zero-order valence-corrected chi connectivity index (χ0v) is 15.1. The van der Waals surface area contributed by atoms with Crippen LogP contribution in [0.25, 0.3) is 11.1 Å². The molecule has 0 aliphatic carbocycles. The van der Waals surface area contributed by atoms with Gasteiger partial charge in [-0.1, -0.05) is 24.3 Å². The first-order chi connectivity index (χ1) is 13.2. The normalized spacial score (nSPS) is 12.1. The molecule has 28 heavy (non-hydrogen) atoms. The Kier molecular flexibility index (Phi) is 5.48. The van der Waals surface area contributed by atoms with Crippen molar-refractivity contribution in [1.29, 1.82) is 0 Å². The van der Waals surface area contributed by atoms with E-state index in [0.717, 1.165) is 24.4 Å². The smallest absolute Gasteiger partial charge is 0.262 e. The summed E-state index contributed by atoms with van der Waals surface area (Å²) in [6.45, 7) is -0.168. The first-order valence-electron chi connectivity index (χ1n) is 8.02. The van der Waals surface area contributed by atoms with Crippen molar-refractivity contribution in [1.82, 2.24) is 9.71 Å². The third-order valence-corrected chi connectivity index (χ3v) is 5.35. The van der Waals surface area contributed by atoms with Gasteiger partial charge in [-0.25, -0.2) is 17.5 Å². The maximum Gasteiger partial charge on any atom is 0.416 e. The van der Waals surface area contributed by atoms with Crippen molar-refractivity contribution in [3.63, 3.8) is 0 Å². The standard InChI is InChI=1S/C19H14F4N2O2S/c20-18-12-24-8-7-17(18)14-4-1-3-13(9-14)11-25-28(26,27)16-6-2-5-15(10-16)19(21,22)23/h1-10,12,25H,11H2. The fourth-order valence-corrected chi connectivity index (χ4v) is 3.62. The molecule has 0 aliphatic heterocycles. The molecule has 3 aromatic rings. The minimum atomic E-state index is -4.64. The largest absolute Gasteiger partial charge is 0.416 e. The van der Waals surface area contributed by atoms with Crippen molar-refractivity contribution < 1.29 is 26.0 Å². The van der Waals surface area contributed by atoms with Crippen LogP contribution in [0.15, 0.2) is 71.9 Å². The second kappa shape index (κ2) is 7.69. The lowest BCUT2D eigenvalue weighted by atomic mass is 10.0. The summed E-state index contributed by atoms with van der Waals surface area (Å²) in [5, 5.41) is 0. The molecule has 0 saturated carbocycles. The topological polar surface area (TPSA) is 59.1 Å². The van der Waals surface area contributed by atoms with E-state index in [9.17, 15) is 26.0 Å². The van der Waals surface area contributed by atoms with Crippen LogP contribution in [0.2, 0.25) is 0 Å². The molecular formula is C19H14F4N2O2S. The van der Waals surface area contributed by atoms with Crippen LogP contribution >= 0.6 is 0 Å². The number of hydrogen-bond donors (Lipinski definition) is 1. The highest BCUT2D eigenvalue weighted by molar-refractivity contribution is 7.89. The lowest BCUT2D eigenvalue weighted by Crippen LogP contribution is -2.23. The van der Waals surface area contributed by atoms with E-state index >= 15 is 0 Å². The van der Waals surface area contributed by atoms with Crippen molar-refractivity contribution in [3.05, 3.63) is 83.9 Å². The van der Waals surface area contributed by atoms with Crippen LogP contribution in [-0.2, 0) is 22.7 Å². The van der Waals surface area contributed by atoms with Gasteiger partial charge in [-0.15, -0.1) is 0 Å². The Labute approximate surface area is 158 Å². The highest BCUT2D eigenvalue weighted by Crippen LogP contribution is 2.30. The molecule has 0 atom stereocenters. The van der Waals surface area contributed by atoms with Gasteiger partial charge in [-0.05, 0) is 41.5 Å². The second-order valence-corrected chi connectivity index (χ2v) is 7.67. The Hall–Kier alpha value is -2.78. The van der Waals surface area contributed by atoms with Gasteiger partial charge in [0.05, 0.1) is 16.7 Å². The maximum absolute atomic E-state index is 13.9. The minimum absolute atomic E-state index is 0.168. The number of nitrogens with one attached hydrogen (secondary N) is 1. The second-order valence-electron chi connectivity index (χ2n) is 5.91. The van der Waals surface area contributed by atoms with Gasteiger partial charge in [0.15, 0.2) is 0 Å². The molecule has 9 heteroatoms. The van der Waals surface area contributed by atoms with E-state index in [2.05, 4.69) is 9.71 Å². The molecule has 4 nitrogen and oxygen atoms in total. The summed E-state index contributed by atoms with van der Waals surface area (Å²) in [4.78, 5) is 3.19. The highest BCUT2D eigenvalue weighted by atomic mass is 32.2. The predicted molar refractivity (Wildman–Crippen MR) is 95.1 cm³/mol. The van der Waals surface area contributed by atoms with Crippen molar-refractivity contribution in [2.75, 3.05) is 0 Å². The molecule has 1 heterocycles. The molecule has 0 saturated heterocycles. The van der Waals surface area contributed by atoms with Crippen molar-refractivity contribution in [3.8, 4) is 11.1 Å². The molecule has 1 aromatic heterocycles. The quantitative estimate of drug-likeness (QED) is 0.635. The van der Waals surface area contributed by atoms with E-state index in [4.69, 9.17) is 0 Å². The molecule has 0 fully saturated rings. The molecule has 2 aromatic carbocycles. The van der Waals surface area contributed by atoms with E-state index in [1.54, 1.807) is 24.3 Å². The molecule has 0 unspecified atom stereocenters. The number of aromatic nitrogens is 1. The Morgan fingerprint density at radius 2 is 1.75 bits per heavy atom. The number of nitrogens with zero attached hydrogens (tertiary/aromatic N) is 1. The number of halogens is 4. The molecule has 0 aliphatic rings. The van der Waals surface area contributed by atoms with Crippen molar-refractivity contribution in [2.24, 2.45) is 0 Å². The summed E-state index contributed by atoms with van der Waals surface area (Å²) in [5.74, 6) is -0.524. The van der Waals surface area contributed by atoms with Crippen LogP contribution < -0.4 is 4.72 Å². The van der Waals surface area contributed by atoms with Gasteiger partial charge >= 0.3 is 6.18 Å². The first-order valence-corrected chi connectivity index (χ1v) is 9.51. The fraction of sp³-hybridized carbons (Fsp3) is 0.105. The summed E-state index contributed by atoms with van der Waals surface area (Å²) in [7, 11) is -4.16. The number of hydrogen-bond acceptors (Lipinski definition) is 3. The van der Waals surface area contributed by atoms with Crippen LogP contribution in [0.4, 0.5) is 17.6 Å². The number of alkyl halides is 3. The first kappa shape index (κ1) is 20.0. The van der Waals surface area contributed by atoms with E-state index in [1.807, 2.05) is 0 Å². The maximum atomic E-state index is 13.9. The molecular weight excluding hydrogens is 396 g/mol. The molecule has 0 radical (unpaired) electrons. The van der Waals surface area contributed by atoms with E-state index in [1.165, 1.54) is 12.3 Å². The number of benzene rings is 2. The lowest BCUT2D eigenvalue weighted by Gasteiger charge is -2.11. The van der Waals surface area contributed by atoms with E-state index in [0.29, 0.717) is 22.8 Å². The Morgan fingerprint density at radius 1 is 1.00 bits per heavy atom. The summed E-state index contributed by atoms with van der Waals surface area (Å²) < 4.78 is 79.2.